The average molecular weight is 250 g/mol. The highest BCUT2D eigenvalue weighted by Gasteiger charge is 2.14. The van der Waals surface area contributed by atoms with Crippen LogP contribution in [0, 0.1) is 0 Å². The number of hydrogen-bond donors (Lipinski definition) is 1. The monoisotopic (exact) mass is 250 g/mol. The molecule has 0 aromatic carbocycles. The molecule has 0 saturated heterocycles. The van der Waals surface area contributed by atoms with Crippen LogP contribution in [0.5, 0.6) is 0 Å². The number of aryl methyl sites for hydroxylation is 3. The fourth-order valence-corrected chi connectivity index (χ4v) is 2.98. The molecule has 0 radical (unpaired) electrons. The van der Waals surface area contributed by atoms with Crippen LogP contribution in [0.1, 0.15) is 35.7 Å². The highest BCUT2D eigenvalue weighted by molar-refractivity contribution is 7.10. The Morgan fingerprint density at radius 1 is 1.53 bits per heavy atom. The molecule has 1 atom stereocenters. The Hall–Kier alpha value is -1.13. The molecule has 0 saturated carbocycles. The van der Waals surface area contributed by atoms with E-state index in [1.807, 2.05) is 17.8 Å². The summed E-state index contributed by atoms with van der Waals surface area (Å²) in [7, 11) is 1.98. The Balaban J connectivity index is 1.98. The topological polar surface area (TPSA) is 38.1 Å². The first kappa shape index (κ1) is 12.3. The Bertz CT molecular complexity index is 475. The van der Waals surface area contributed by atoms with E-state index in [0.717, 1.165) is 30.0 Å². The minimum atomic E-state index is -0.360. The van der Waals surface area contributed by atoms with Crippen molar-refractivity contribution in [2.45, 2.75) is 32.3 Å². The summed E-state index contributed by atoms with van der Waals surface area (Å²) in [6.45, 7) is 2.12. The van der Waals surface area contributed by atoms with Gasteiger partial charge in [-0.05, 0) is 29.9 Å². The molecular formula is C13H18N2OS. The first-order valence-electron chi connectivity index (χ1n) is 5.93. The highest BCUT2D eigenvalue weighted by atomic mass is 32.1. The minimum absolute atomic E-state index is 0.360. The van der Waals surface area contributed by atoms with Gasteiger partial charge in [0.2, 0.25) is 0 Å². The van der Waals surface area contributed by atoms with Gasteiger partial charge in [0.15, 0.2) is 0 Å². The van der Waals surface area contributed by atoms with Gasteiger partial charge in [-0.2, -0.15) is 0 Å². The van der Waals surface area contributed by atoms with Crippen LogP contribution in [0.3, 0.4) is 0 Å². The zero-order chi connectivity index (χ0) is 12.3. The van der Waals surface area contributed by atoms with E-state index in [2.05, 4.69) is 23.4 Å². The number of rotatable bonds is 5. The van der Waals surface area contributed by atoms with E-state index in [-0.39, 0.29) is 6.10 Å². The van der Waals surface area contributed by atoms with E-state index in [4.69, 9.17) is 0 Å². The van der Waals surface area contributed by atoms with Crippen LogP contribution in [0.25, 0.3) is 0 Å². The van der Waals surface area contributed by atoms with Gasteiger partial charge in [0.05, 0.1) is 6.10 Å². The summed E-state index contributed by atoms with van der Waals surface area (Å²) in [5.74, 6) is 1.03. The lowest BCUT2D eigenvalue weighted by atomic mass is 10.1. The lowest BCUT2D eigenvalue weighted by Crippen LogP contribution is -2.03. The summed E-state index contributed by atoms with van der Waals surface area (Å²) in [5, 5.41) is 12.2. The van der Waals surface area contributed by atoms with Crippen molar-refractivity contribution >= 4 is 11.3 Å². The molecule has 3 nitrogen and oxygen atoms in total. The molecule has 4 heteroatoms. The Morgan fingerprint density at radius 2 is 2.35 bits per heavy atom. The molecule has 2 aromatic heterocycles. The molecule has 1 unspecified atom stereocenters. The van der Waals surface area contributed by atoms with E-state index in [9.17, 15) is 5.11 Å². The number of hydrogen-bond acceptors (Lipinski definition) is 3. The van der Waals surface area contributed by atoms with E-state index in [0.29, 0.717) is 0 Å². The smallest absolute Gasteiger partial charge is 0.108 e. The Kier molecular flexibility index (Phi) is 3.97. The standard InChI is InChI=1S/C13H18N2OS/c1-3-10-6-9-17-13(10)11(16)4-5-12-14-7-8-15(12)2/h6-9,11,16H,3-5H2,1-2H3. The van der Waals surface area contributed by atoms with Crippen molar-refractivity contribution in [3.63, 3.8) is 0 Å². The van der Waals surface area contributed by atoms with Gasteiger partial charge in [-0.1, -0.05) is 6.92 Å². The van der Waals surface area contributed by atoms with Crippen molar-refractivity contribution in [2.75, 3.05) is 0 Å². The SMILES string of the molecule is CCc1ccsc1C(O)CCc1nccn1C. The maximum absolute atomic E-state index is 10.2. The van der Waals surface area contributed by atoms with E-state index in [1.165, 1.54) is 5.56 Å². The van der Waals surface area contributed by atoms with Crippen molar-refractivity contribution in [3.8, 4) is 0 Å². The number of aromatic nitrogens is 2. The van der Waals surface area contributed by atoms with E-state index >= 15 is 0 Å². The second-order valence-electron chi connectivity index (χ2n) is 4.17. The zero-order valence-corrected chi connectivity index (χ0v) is 11.1. The Morgan fingerprint density at radius 3 is 3.00 bits per heavy atom. The van der Waals surface area contributed by atoms with Crippen molar-refractivity contribution in [1.82, 2.24) is 9.55 Å². The van der Waals surface area contributed by atoms with Crippen LogP contribution in [-0.2, 0) is 19.9 Å². The molecule has 0 aliphatic rings. The summed E-state index contributed by atoms with van der Waals surface area (Å²) in [6.07, 6.45) is 5.90. The van der Waals surface area contributed by atoms with Gasteiger partial charge in [-0.15, -0.1) is 11.3 Å². The van der Waals surface area contributed by atoms with Crippen molar-refractivity contribution in [1.29, 1.82) is 0 Å². The lowest BCUT2D eigenvalue weighted by Gasteiger charge is -2.10. The van der Waals surface area contributed by atoms with Gasteiger partial charge >= 0.3 is 0 Å². The van der Waals surface area contributed by atoms with Crippen LogP contribution in [0.15, 0.2) is 23.8 Å². The third-order valence-corrected chi connectivity index (χ3v) is 4.09. The summed E-state index contributed by atoms with van der Waals surface area (Å²) >= 11 is 1.65. The second kappa shape index (κ2) is 5.47. The van der Waals surface area contributed by atoms with Crippen LogP contribution in [0.4, 0.5) is 0 Å². The average Bonchev–Trinajstić information content (AvgIpc) is 2.94. The van der Waals surface area contributed by atoms with Gasteiger partial charge < -0.3 is 9.67 Å². The summed E-state index contributed by atoms with van der Waals surface area (Å²) in [5.41, 5.74) is 1.27. The number of aliphatic hydroxyl groups excluding tert-OH is 1. The third-order valence-electron chi connectivity index (χ3n) is 3.03. The first-order valence-corrected chi connectivity index (χ1v) is 6.80. The molecule has 2 rings (SSSR count). The molecule has 0 amide bonds. The van der Waals surface area contributed by atoms with Crippen LogP contribution < -0.4 is 0 Å². The molecule has 0 aliphatic heterocycles. The molecule has 0 bridgehead atoms. The zero-order valence-electron chi connectivity index (χ0n) is 10.3. The molecule has 2 heterocycles. The second-order valence-corrected chi connectivity index (χ2v) is 5.12. The van der Waals surface area contributed by atoms with Gasteiger partial charge in [-0.25, -0.2) is 4.98 Å². The van der Waals surface area contributed by atoms with Crippen LogP contribution >= 0.6 is 11.3 Å². The van der Waals surface area contributed by atoms with E-state index in [1.54, 1.807) is 17.5 Å². The van der Waals surface area contributed by atoms with Gasteiger partial charge in [-0.3, -0.25) is 0 Å². The quantitative estimate of drug-likeness (QED) is 0.886. The summed E-state index contributed by atoms with van der Waals surface area (Å²) in [4.78, 5) is 5.38. The number of thiophene rings is 1. The first-order chi connectivity index (χ1) is 8.22. The van der Waals surface area contributed by atoms with Crippen LogP contribution in [-0.4, -0.2) is 14.7 Å². The van der Waals surface area contributed by atoms with Gasteiger partial charge in [0.1, 0.15) is 5.82 Å². The maximum atomic E-state index is 10.2. The van der Waals surface area contributed by atoms with Gasteiger partial charge in [0.25, 0.3) is 0 Å². The molecule has 0 spiro atoms. The predicted octanol–water partition coefficient (Wildman–Crippen LogP) is 2.71. The normalized spacial score (nSPS) is 12.9. The largest absolute Gasteiger partial charge is 0.388 e. The Labute approximate surface area is 106 Å². The summed E-state index contributed by atoms with van der Waals surface area (Å²) < 4.78 is 2.00. The van der Waals surface area contributed by atoms with E-state index < -0.39 is 0 Å². The number of aliphatic hydroxyl groups is 1. The van der Waals surface area contributed by atoms with Gasteiger partial charge in [0, 0.05) is 30.7 Å². The molecule has 1 N–H and O–H groups in total. The molecule has 0 fully saturated rings. The molecule has 0 aliphatic carbocycles. The maximum Gasteiger partial charge on any atom is 0.108 e. The van der Waals surface area contributed by atoms with Crippen molar-refractivity contribution < 1.29 is 5.11 Å². The number of nitrogens with zero attached hydrogens (tertiary/aromatic N) is 2. The fourth-order valence-electron chi connectivity index (χ4n) is 1.97. The highest BCUT2D eigenvalue weighted by Crippen LogP contribution is 2.27. The molecule has 17 heavy (non-hydrogen) atoms. The third kappa shape index (κ3) is 2.76. The van der Waals surface area contributed by atoms with Crippen LogP contribution in [0.2, 0.25) is 0 Å². The molecule has 2 aromatic rings. The number of imidazole rings is 1. The molecule has 92 valence electrons. The van der Waals surface area contributed by atoms with Crippen molar-refractivity contribution in [2.24, 2.45) is 7.05 Å². The van der Waals surface area contributed by atoms with Crippen molar-refractivity contribution in [3.05, 3.63) is 40.1 Å². The predicted molar refractivity (Wildman–Crippen MR) is 70.2 cm³/mol. The lowest BCUT2D eigenvalue weighted by molar-refractivity contribution is 0.169. The molecular weight excluding hydrogens is 232 g/mol. The minimum Gasteiger partial charge on any atom is -0.388 e. The fraction of sp³-hybridized carbons (Fsp3) is 0.462. The summed E-state index contributed by atoms with van der Waals surface area (Å²) in [6, 6.07) is 2.10.